The zero-order valence-electron chi connectivity index (χ0n) is 16.8. The predicted octanol–water partition coefficient (Wildman–Crippen LogP) is 2.52. The van der Waals surface area contributed by atoms with Crippen molar-refractivity contribution >= 4 is 11.8 Å². The summed E-state index contributed by atoms with van der Waals surface area (Å²) in [5, 5.41) is 0. The van der Waals surface area contributed by atoms with Crippen LogP contribution < -0.4 is 0 Å². The molecular formula is C22H30N4O2. The fraction of sp³-hybridized carbons (Fsp3) is 0.727. The van der Waals surface area contributed by atoms with Crippen LogP contribution in [0, 0.1) is 17.8 Å². The van der Waals surface area contributed by atoms with Gasteiger partial charge in [-0.2, -0.15) is 0 Å². The van der Waals surface area contributed by atoms with Crippen molar-refractivity contribution in [3.63, 3.8) is 0 Å². The van der Waals surface area contributed by atoms with Crippen LogP contribution in [-0.2, 0) is 22.6 Å². The maximum absolute atomic E-state index is 13.0. The molecule has 2 saturated carbocycles. The number of rotatable bonds is 2. The molecule has 1 unspecified atom stereocenters. The van der Waals surface area contributed by atoms with E-state index in [1.165, 1.54) is 25.7 Å². The maximum atomic E-state index is 13.0. The largest absolute Gasteiger partial charge is 0.342 e. The van der Waals surface area contributed by atoms with E-state index < -0.39 is 0 Å². The van der Waals surface area contributed by atoms with E-state index in [0.29, 0.717) is 30.2 Å². The van der Waals surface area contributed by atoms with Crippen LogP contribution in [0.15, 0.2) is 6.20 Å². The molecule has 0 aromatic carbocycles. The average Bonchev–Trinajstić information content (AvgIpc) is 3.47. The summed E-state index contributed by atoms with van der Waals surface area (Å²) in [6, 6.07) is 0. The Morgan fingerprint density at radius 3 is 2.57 bits per heavy atom. The Morgan fingerprint density at radius 1 is 1.04 bits per heavy atom. The van der Waals surface area contributed by atoms with Gasteiger partial charge in [-0.1, -0.05) is 12.8 Å². The van der Waals surface area contributed by atoms with Gasteiger partial charge in [0.2, 0.25) is 11.8 Å². The summed E-state index contributed by atoms with van der Waals surface area (Å²) >= 11 is 0. The highest BCUT2D eigenvalue weighted by Crippen LogP contribution is 2.56. The number of piperidine rings is 1. The minimum atomic E-state index is 0.137. The molecule has 1 aromatic heterocycles. The van der Waals surface area contributed by atoms with Gasteiger partial charge >= 0.3 is 0 Å². The molecule has 2 amide bonds. The second kappa shape index (κ2) is 7.12. The van der Waals surface area contributed by atoms with E-state index in [4.69, 9.17) is 4.98 Å². The lowest BCUT2D eigenvalue weighted by Gasteiger charge is -2.32. The normalized spacial score (nSPS) is 31.8. The topological polar surface area (TPSA) is 66.4 Å². The number of aromatic nitrogens is 2. The first-order chi connectivity index (χ1) is 13.6. The number of hydrogen-bond acceptors (Lipinski definition) is 4. The predicted molar refractivity (Wildman–Crippen MR) is 104 cm³/mol. The van der Waals surface area contributed by atoms with Crippen LogP contribution in [-0.4, -0.2) is 51.2 Å². The highest BCUT2D eigenvalue weighted by Gasteiger charge is 2.55. The summed E-state index contributed by atoms with van der Waals surface area (Å²) in [6.07, 6.45) is 9.90. The SMILES string of the molecule is CC(=O)N1CCC[C@@H](c2ncc3c(n2)CCN(C(=O)C2[C@H]4CCCC[C@@H]24)C3)C1. The third kappa shape index (κ3) is 3.20. The van der Waals surface area contributed by atoms with Gasteiger partial charge in [0.25, 0.3) is 0 Å². The zero-order valence-corrected chi connectivity index (χ0v) is 16.8. The summed E-state index contributed by atoms with van der Waals surface area (Å²) < 4.78 is 0. The second-order valence-corrected chi connectivity index (χ2v) is 9.15. The first-order valence-electron chi connectivity index (χ1n) is 11.0. The lowest BCUT2D eigenvalue weighted by Crippen LogP contribution is -2.39. The van der Waals surface area contributed by atoms with Crippen molar-refractivity contribution in [2.45, 2.75) is 64.3 Å². The Kier molecular flexibility index (Phi) is 4.60. The van der Waals surface area contributed by atoms with Crippen molar-refractivity contribution in [3.05, 3.63) is 23.3 Å². The minimum Gasteiger partial charge on any atom is -0.342 e. The second-order valence-electron chi connectivity index (χ2n) is 9.15. The molecule has 1 saturated heterocycles. The van der Waals surface area contributed by atoms with Crippen LogP contribution in [0.2, 0.25) is 0 Å². The highest BCUT2D eigenvalue weighted by atomic mass is 16.2. The smallest absolute Gasteiger partial charge is 0.226 e. The summed E-state index contributed by atoms with van der Waals surface area (Å²) in [5.74, 6) is 3.24. The molecular weight excluding hydrogens is 352 g/mol. The fourth-order valence-electron chi connectivity index (χ4n) is 5.76. The van der Waals surface area contributed by atoms with Crippen LogP contribution in [0.5, 0.6) is 0 Å². The molecule has 6 heteroatoms. The molecule has 0 N–H and O–H groups in total. The Bertz CT molecular complexity index is 783. The molecule has 4 atom stereocenters. The van der Waals surface area contributed by atoms with Gasteiger partial charge in [0, 0.05) is 63.1 Å². The Hall–Kier alpha value is -1.98. The van der Waals surface area contributed by atoms with Gasteiger partial charge in [0.15, 0.2) is 0 Å². The molecule has 5 rings (SSSR count). The molecule has 0 bridgehead atoms. The van der Waals surface area contributed by atoms with Gasteiger partial charge in [-0.05, 0) is 37.5 Å². The first-order valence-corrected chi connectivity index (χ1v) is 11.0. The number of carbonyl (C=O) groups excluding carboxylic acids is 2. The van der Waals surface area contributed by atoms with Gasteiger partial charge in [-0.25, -0.2) is 9.97 Å². The number of nitrogens with zero attached hydrogens (tertiary/aromatic N) is 4. The Morgan fingerprint density at radius 2 is 1.82 bits per heavy atom. The molecule has 3 fully saturated rings. The molecule has 0 radical (unpaired) electrons. The van der Waals surface area contributed by atoms with Gasteiger partial charge in [-0.15, -0.1) is 0 Å². The van der Waals surface area contributed by atoms with Crippen LogP contribution in [0.25, 0.3) is 0 Å². The standard InChI is InChI=1S/C22H30N4O2/c1-14(27)25-9-4-5-15(12-25)21-23-11-16-13-26(10-8-19(16)24-21)22(28)20-17-6-2-3-7-18(17)20/h11,15,17-18,20H,2-10,12-13H2,1H3/t15-,17-,18+,20?/m1/s1. The van der Waals surface area contributed by atoms with Crippen molar-refractivity contribution in [2.75, 3.05) is 19.6 Å². The molecule has 2 aliphatic carbocycles. The monoisotopic (exact) mass is 382 g/mol. The third-order valence-electron chi connectivity index (χ3n) is 7.44. The van der Waals surface area contributed by atoms with E-state index in [9.17, 15) is 9.59 Å². The number of amides is 2. The quantitative estimate of drug-likeness (QED) is 0.788. The third-order valence-corrected chi connectivity index (χ3v) is 7.44. The number of fused-ring (bicyclic) bond motifs is 2. The van der Waals surface area contributed by atoms with E-state index in [2.05, 4.69) is 4.98 Å². The zero-order chi connectivity index (χ0) is 19.3. The van der Waals surface area contributed by atoms with Gasteiger partial charge in [0.1, 0.15) is 5.82 Å². The number of likely N-dealkylation sites (tertiary alicyclic amines) is 1. The van der Waals surface area contributed by atoms with Crippen LogP contribution in [0.1, 0.15) is 68.4 Å². The summed E-state index contributed by atoms with van der Waals surface area (Å²) in [7, 11) is 0. The molecule has 4 aliphatic rings. The van der Waals surface area contributed by atoms with E-state index in [1.807, 2.05) is 16.0 Å². The summed E-state index contributed by atoms with van der Waals surface area (Å²) in [4.78, 5) is 38.2. The molecule has 3 heterocycles. The summed E-state index contributed by atoms with van der Waals surface area (Å²) in [6.45, 7) is 4.65. The minimum absolute atomic E-state index is 0.137. The van der Waals surface area contributed by atoms with Crippen LogP contribution in [0.3, 0.4) is 0 Å². The molecule has 0 spiro atoms. The van der Waals surface area contributed by atoms with Crippen LogP contribution >= 0.6 is 0 Å². The lowest BCUT2D eigenvalue weighted by molar-refractivity contribution is -0.134. The molecule has 150 valence electrons. The summed E-state index contributed by atoms with van der Waals surface area (Å²) in [5.41, 5.74) is 2.20. The fourth-order valence-corrected chi connectivity index (χ4v) is 5.76. The maximum Gasteiger partial charge on any atom is 0.226 e. The molecule has 6 nitrogen and oxygen atoms in total. The number of carbonyl (C=O) groups is 2. The molecule has 2 aliphatic heterocycles. The van der Waals surface area contributed by atoms with E-state index in [1.54, 1.807) is 6.92 Å². The average molecular weight is 383 g/mol. The van der Waals surface area contributed by atoms with Crippen LogP contribution in [0.4, 0.5) is 0 Å². The first kappa shape index (κ1) is 18.1. The molecule has 1 aromatic rings. The van der Waals surface area contributed by atoms with Crippen molar-refractivity contribution in [2.24, 2.45) is 17.8 Å². The number of hydrogen-bond donors (Lipinski definition) is 0. The van der Waals surface area contributed by atoms with Gasteiger partial charge in [0.05, 0.1) is 5.69 Å². The van der Waals surface area contributed by atoms with E-state index in [-0.39, 0.29) is 11.8 Å². The van der Waals surface area contributed by atoms with Gasteiger partial charge in [-0.3, -0.25) is 9.59 Å². The van der Waals surface area contributed by atoms with E-state index in [0.717, 1.165) is 56.0 Å². The van der Waals surface area contributed by atoms with Crippen molar-refractivity contribution < 1.29 is 9.59 Å². The van der Waals surface area contributed by atoms with Gasteiger partial charge < -0.3 is 9.80 Å². The Balaban J connectivity index is 1.26. The molecule has 28 heavy (non-hydrogen) atoms. The highest BCUT2D eigenvalue weighted by molar-refractivity contribution is 5.82. The van der Waals surface area contributed by atoms with Crippen molar-refractivity contribution in [3.8, 4) is 0 Å². The lowest BCUT2D eigenvalue weighted by atomic mass is 9.96. The van der Waals surface area contributed by atoms with Crippen molar-refractivity contribution in [1.29, 1.82) is 0 Å². The van der Waals surface area contributed by atoms with Crippen molar-refractivity contribution in [1.82, 2.24) is 19.8 Å². The Labute approximate surface area is 166 Å². The van der Waals surface area contributed by atoms with E-state index >= 15 is 0 Å².